The quantitative estimate of drug-likeness (QED) is 0.756. The second kappa shape index (κ2) is 8.88. The maximum absolute atomic E-state index is 13.0. The Hall–Kier alpha value is -2.86. The van der Waals surface area contributed by atoms with Crippen LogP contribution in [0.25, 0.3) is 0 Å². The minimum absolute atomic E-state index is 0.0116. The molecule has 2 heterocycles. The van der Waals surface area contributed by atoms with Gasteiger partial charge in [-0.3, -0.25) is 14.4 Å². The normalized spacial score (nSPS) is 19.3. The van der Waals surface area contributed by atoms with Crippen molar-refractivity contribution in [3.05, 3.63) is 70.7 Å². The number of likely N-dealkylation sites (tertiary alicyclic amines) is 1. The molecule has 1 atom stereocenters. The van der Waals surface area contributed by atoms with Gasteiger partial charge in [0.15, 0.2) is 0 Å². The molecule has 2 aromatic carbocycles. The molecule has 0 bridgehead atoms. The third-order valence-corrected chi connectivity index (χ3v) is 6.00. The summed E-state index contributed by atoms with van der Waals surface area (Å²) in [6.07, 6.45) is 0.260. The minimum atomic E-state index is -0.306. The van der Waals surface area contributed by atoms with E-state index in [1.165, 1.54) is 0 Å². The van der Waals surface area contributed by atoms with Crippen LogP contribution in [0.15, 0.2) is 54.6 Å². The Bertz CT molecular complexity index is 924. The molecule has 0 saturated carbocycles. The van der Waals surface area contributed by atoms with Gasteiger partial charge in [0.05, 0.1) is 5.92 Å². The SMILES string of the molecule is O=C1CC(C(=O)N2CCN(C(=O)c3ccc(Cl)cc3)CC2)CN1Cc1ccccc1. The lowest BCUT2D eigenvalue weighted by Crippen LogP contribution is -2.52. The van der Waals surface area contributed by atoms with Gasteiger partial charge in [0.1, 0.15) is 0 Å². The number of carbonyl (C=O) groups excluding carboxylic acids is 3. The zero-order valence-corrected chi connectivity index (χ0v) is 17.4. The average Bonchev–Trinajstić information content (AvgIpc) is 3.14. The van der Waals surface area contributed by atoms with Crippen LogP contribution in [0.4, 0.5) is 0 Å². The molecule has 7 heteroatoms. The second-order valence-electron chi connectivity index (χ2n) is 7.79. The summed E-state index contributed by atoms with van der Waals surface area (Å²) in [7, 11) is 0. The molecule has 0 spiro atoms. The highest BCUT2D eigenvalue weighted by Crippen LogP contribution is 2.23. The van der Waals surface area contributed by atoms with Crippen molar-refractivity contribution in [1.29, 1.82) is 0 Å². The molecule has 2 aliphatic heterocycles. The molecule has 1 unspecified atom stereocenters. The lowest BCUT2D eigenvalue weighted by Gasteiger charge is -2.36. The van der Waals surface area contributed by atoms with E-state index in [0.717, 1.165) is 5.56 Å². The van der Waals surface area contributed by atoms with Crippen LogP contribution in [0.5, 0.6) is 0 Å². The first kappa shape index (κ1) is 20.4. The van der Waals surface area contributed by atoms with E-state index < -0.39 is 0 Å². The Balaban J connectivity index is 1.30. The van der Waals surface area contributed by atoms with Crippen LogP contribution in [0.1, 0.15) is 22.3 Å². The summed E-state index contributed by atoms with van der Waals surface area (Å²) in [5.74, 6) is -0.324. The first-order chi connectivity index (χ1) is 14.5. The first-order valence-electron chi connectivity index (χ1n) is 10.2. The number of amides is 3. The number of piperazine rings is 1. The number of halogens is 1. The van der Waals surface area contributed by atoms with Crippen molar-refractivity contribution >= 4 is 29.3 Å². The van der Waals surface area contributed by atoms with Crippen LogP contribution in [0.3, 0.4) is 0 Å². The van der Waals surface area contributed by atoms with E-state index in [1.807, 2.05) is 30.3 Å². The monoisotopic (exact) mass is 425 g/mol. The van der Waals surface area contributed by atoms with E-state index in [1.54, 1.807) is 39.0 Å². The van der Waals surface area contributed by atoms with Gasteiger partial charge < -0.3 is 14.7 Å². The molecule has 0 aliphatic carbocycles. The zero-order chi connectivity index (χ0) is 21.1. The van der Waals surface area contributed by atoms with Crippen molar-refractivity contribution in [1.82, 2.24) is 14.7 Å². The number of hydrogen-bond acceptors (Lipinski definition) is 3. The number of carbonyl (C=O) groups is 3. The molecule has 2 aliphatic rings. The predicted molar refractivity (Wildman–Crippen MR) is 114 cm³/mol. The van der Waals surface area contributed by atoms with E-state index in [2.05, 4.69) is 0 Å². The fraction of sp³-hybridized carbons (Fsp3) is 0.348. The maximum Gasteiger partial charge on any atom is 0.253 e. The van der Waals surface area contributed by atoms with Crippen LogP contribution in [-0.4, -0.2) is 65.1 Å². The van der Waals surface area contributed by atoms with Gasteiger partial charge >= 0.3 is 0 Å². The van der Waals surface area contributed by atoms with E-state index in [4.69, 9.17) is 11.6 Å². The van der Waals surface area contributed by atoms with Gasteiger partial charge in [-0.2, -0.15) is 0 Å². The van der Waals surface area contributed by atoms with E-state index in [0.29, 0.717) is 49.9 Å². The van der Waals surface area contributed by atoms with Crippen molar-refractivity contribution in [3.8, 4) is 0 Å². The summed E-state index contributed by atoms with van der Waals surface area (Å²) >= 11 is 5.89. The Kier molecular flexibility index (Phi) is 6.04. The van der Waals surface area contributed by atoms with Gasteiger partial charge in [0, 0.05) is 56.3 Å². The topological polar surface area (TPSA) is 60.9 Å². The van der Waals surface area contributed by atoms with Gasteiger partial charge in [0.25, 0.3) is 5.91 Å². The lowest BCUT2D eigenvalue weighted by atomic mass is 10.1. The van der Waals surface area contributed by atoms with Gasteiger partial charge in [-0.1, -0.05) is 41.9 Å². The predicted octanol–water partition coefficient (Wildman–Crippen LogP) is 2.67. The summed E-state index contributed by atoms with van der Waals surface area (Å²) in [5, 5.41) is 0.592. The summed E-state index contributed by atoms with van der Waals surface area (Å²) in [6, 6.07) is 16.6. The van der Waals surface area contributed by atoms with Crippen molar-refractivity contribution in [2.45, 2.75) is 13.0 Å². The van der Waals surface area contributed by atoms with E-state index in [-0.39, 0.29) is 30.1 Å². The van der Waals surface area contributed by atoms with Gasteiger partial charge in [-0.05, 0) is 29.8 Å². The average molecular weight is 426 g/mol. The van der Waals surface area contributed by atoms with Gasteiger partial charge in [-0.15, -0.1) is 0 Å². The molecule has 0 N–H and O–H groups in total. The molecule has 4 rings (SSSR count). The van der Waals surface area contributed by atoms with Crippen molar-refractivity contribution in [2.75, 3.05) is 32.7 Å². The molecule has 0 radical (unpaired) electrons. The Morgan fingerprint density at radius 1 is 0.900 bits per heavy atom. The molecule has 156 valence electrons. The van der Waals surface area contributed by atoms with Crippen LogP contribution < -0.4 is 0 Å². The number of benzene rings is 2. The van der Waals surface area contributed by atoms with Crippen molar-refractivity contribution in [2.24, 2.45) is 5.92 Å². The van der Waals surface area contributed by atoms with Crippen LogP contribution in [0, 0.1) is 5.92 Å². The van der Waals surface area contributed by atoms with Crippen LogP contribution >= 0.6 is 11.6 Å². The third kappa shape index (κ3) is 4.49. The van der Waals surface area contributed by atoms with Crippen molar-refractivity contribution in [3.63, 3.8) is 0 Å². The smallest absolute Gasteiger partial charge is 0.253 e. The maximum atomic E-state index is 13.0. The first-order valence-corrected chi connectivity index (χ1v) is 10.5. The lowest BCUT2D eigenvalue weighted by molar-refractivity contribution is -0.137. The molecule has 2 aromatic rings. The second-order valence-corrected chi connectivity index (χ2v) is 8.22. The van der Waals surface area contributed by atoms with Gasteiger partial charge in [-0.25, -0.2) is 0 Å². The number of hydrogen-bond donors (Lipinski definition) is 0. The molecule has 0 aromatic heterocycles. The van der Waals surface area contributed by atoms with Crippen molar-refractivity contribution < 1.29 is 14.4 Å². The molecular formula is C23H24ClN3O3. The fourth-order valence-corrected chi connectivity index (χ4v) is 4.18. The highest BCUT2D eigenvalue weighted by Gasteiger charge is 2.37. The van der Waals surface area contributed by atoms with E-state index >= 15 is 0 Å². The summed E-state index contributed by atoms with van der Waals surface area (Å²) in [4.78, 5) is 43.3. The largest absolute Gasteiger partial charge is 0.339 e. The minimum Gasteiger partial charge on any atom is -0.339 e. The molecular weight excluding hydrogens is 402 g/mol. The Morgan fingerprint density at radius 3 is 2.20 bits per heavy atom. The number of nitrogens with zero attached hydrogens (tertiary/aromatic N) is 3. The highest BCUT2D eigenvalue weighted by atomic mass is 35.5. The van der Waals surface area contributed by atoms with Gasteiger partial charge in [0.2, 0.25) is 11.8 Å². The summed E-state index contributed by atoms with van der Waals surface area (Å²) in [6.45, 7) is 2.94. The standard InChI is InChI=1S/C23H24ClN3O3/c24-20-8-6-18(7-9-20)22(29)25-10-12-26(13-11-25)23(30)19-14-21(28)27(16-19)15-17-4-2-1-3-5-17/h1-9,19H,10-16H2. The van der Waals surface area contributed by atoms with E-state index in [9.17, 15) is 14.4 Å². The third-order valence-electron chi connectivity index (χ3n) is 5.75. The Labute approximate surface area is 181 Å². The fourth-order valence-electron chi connectivity index (χ4n) is 4.06. The Morgan fingerprint density at radius 2 is 1.53 bits per heavy atom. The summed E-state index contributed by atoms with van der Waals surface area (Å²) < 4.78 is 0. The summed E-state index contributed by atoms with van der Waals surface area (Å²) in [5.41, 5.74) is 1.66. The molecule has 2 fully saturated rings. The number of rotatable bonds is 4. The highest BCUT2D eigenvalue weighted by molar-refractivity contribution is 6.30. The van der Waals surface area contributed by atoms with Crippen LogP contribution in [0.2, 0.25) is 5.02 Å². The zero-order valence-electron chi connectivity index (χ0n) is 16.7. The molecule has 6 nitrogen and oxygen atoms in total. The molecule has 30 heavy (non-hydrogen) atoms. The van der Waals surface area contributed by atoms with Crippen LogP contribution in [-0.2, 0) is 16.1 Å². The molecule has 2 saturated heterocycles. The molecule has 3 amide bonds.